The van der Waals surface area contributed by atoms with Gasteiger partial charge in [0.15, 0.2) is 22.8 Å². The normalized spacial score (nSPS) is 42.7. The molecule has 5 rings (SSSR count). The van der Waals surface area contributed by atoms with E-state index in [2.05, 4.69) is 5.32 Å². The number of aliphatic carboxylic acids is 1. The highest BCUT2D eigenvalue weighted by Gasteiger charge is 2.79. The summed E-state index contributed by atoms with van der Waals surface area (Å²) >= 11 is 1.05. The summed E-state index contributed by atoms with van der Waals surface area (Å²) in [4.78, 5) is 38.4. The van der Waals surface area contributed by atoms with Crippen LogP contribution in [0.4, 0.5) is 9.18 Å². The molecule has 1 saturated heterocycles. The van der Waals surface area contributed by atoms with E-state index in [1.54, 1.807) is 59.8 Å². The molecule has 4 fully saturated rings. The van der Waals surface area contributed by atoms with Gasteiger partial charge in [0.05, 0.1) is 24.1 Å². The minimum absolute atomic E-state index is 0.0335. The Hall–Kier alpha value is -1.99. The molecule has 12 heteroatoms. The topological polar surface area (TPSA) is 152 Å². The van der Waals surface area contributed by atoms with E-state index in [9.17, 15) is 29.7 Å². The monoisotopic (exact) mass is 639 g/mol. The van der Waals surface area contributed by atoms with E-state index in [0.717, 1.165) is 17.3 Å². The van der Waals surface area contributed by atoms with Crippen LogP contribution in [0, 0.1) is 22.7 Å². The molecule has 2 unspecified atom stereocenters. The number of hydrogen-bond acceptors (Lipinski definition) is 9. The van der Waals surface area contributed by atoms with Crippen LogP contribution < -0.4 is 5.32 Å². The lowest BCUT2D eigenvalue weighted by Crippen LogP contribution is -2.70. The molecule has 0 radical (unpaired) electrons. The lowest BCUT2D eigenvalue weighted by Gasteiger charge is -2.63. The number of thioether (sulfide) groups is 1. The number of allylic oxidation sites excluding steroid dienone is 2. The summed E-state index contributed by atoms with van der Waals surface area (Å²) in [5.74, 6) is -3.85. The fraction of sp³-hybridized carbons (Fsp3) is 0.781. The summed E-state index contributed by atoms with van der Waals surface area (Å²) in [7, 11) is 0. The Bertz CT molecular complexity index is 1280. The molecule has 3 saturated carbocycles. The molecular formula is C32H46FNO9S. The van der Waals surface area contributed by atoms with Gasteiger partial charge in [0, 0.05) is 22.5 Å². The zero-order valence-electron chi connectivity index (χ0n) is 26.5. The molecule has 1 amide bonds. The zero-order valence-corrected chi connectivity index (χ0v) is 27.3. The number of fused-ring (bicyclic) bond motifs is 7. The quantitative estimate of drug-likeness (QED) is 0.302. The third-order valence-corrected chi connectivity index (χ3v) is 11.7. The first-order valence-corrected chi connectivity index (χ1v) is 16.5. The predicted octanol–water partition coefficient (Wildman–Crippen LogP) is 3.93. The third kappa shape index (κ3) is 5.03. The van der Waals surface area contributed by atoms with Gasteiger partial charge >= 0.3 is 12.1 Å². The highest BCUT2D eigenvalue weighted by atomic mass is 32.2. The van der Waals surface area contributed by atoms with Gasteiger partial charge in [0.2, 0.25) is 0 Å². The second kappa shape index (κ2) is 10.8. The molecule has 0 bridgehead atoms. The van der Waals surface area contributed by atoms with Crippen LogP contribution >= 0.6 is 11.8 Å². The molecule has 1 aliphatic heterocycles. The number of amides is 1. The Morgan fingerprint density at radius 1 is 1.18 bits per heavy atom. The summed E-state index contributed by atoms with van der Waals surface area (Å²) in [5.41, 5.74) is -5.62. The predicted molar refractivity (Wildman–Crippen MR) is 161 cm³/mol. The van der Waals surface area contributed by atoms with E-state index >= 15 is 4.39 Å². The third-order valence-electron chi connectivity index (χ3n) is 10.7. The number of aliphatic hydroxyl groups excluding tert-OH is 2. The second-order valence-electron chi connectivity index (χ2n) is 15.0. The standard InChI is InChI=1S/C32H46FNO9S/c1-27(2,3)42-26(40)34-21(25(38)39)15-44-16-23(37)32-24(41-28(4,5)43-32)13-20-19-9-8-17-12-18(35)10-11-29(17,6)31(19,33)22(36)14-30(20,32)7/h10-12,18-22,24,35-36H,8-9,13-16H2,1-7H3,(H,34,40)(H,38,39)/t18?,19-,20-,21?,22-,24+,29-,30-,31-,32+/m0/s1. The molecule has 4 N–H and O–H groups in total. The van der Waals surface area contributed by atoms with Crippen molar-refractivity contribution in [2.24, 2.45) is 22.7 Å². The minimum atomic E-state index is -2.02. The van der Waals surface area contributed by atoms with Crippen molar-refractivity contribution >= 4 is 29.6 Å². The molecule has 5 aliphatic rings. The van der Waals surface area contributed by atoms with E-state index < -0.39 is 75.8 Å². The number of carbonyl (C=O) groups is 3. The van der Waals surface area contributed by atoms with Crippen LogP contribution in [-0.4, -0.2) is 91.7 Å². The first-order valence-electron chi connectivity index (χ1n) is 15.4. The Morgan fingerprint density at radius 2 is 1.86 bits per heavy atom. The van der Waals surface area contributed by atoms with Crippen molar-refractivity contribution < 1.29 is 48.3 Å². The van der Waals surface area contributed by atoms with Crippen molar-refractivity contribution in [2.45, 2.75) is 121 Å². The number of ether oxygens (including phenoxy) is 3. The number of ketones is 1. The highest BCUT2D eigenvalue weighted by Crippen LogP contribution is 2.72. The van der Waals surface area contributed by atoms with Crippen molar-refractivity contribution in [3.8, 4) is 0 Å². The van der Waals surface area contributed by atoms with Crippen LogP contribution in [0.15, 0.2) is 23.8 Å². The van der Waals surface area contributed by atoms with E-state index in [0.29, 0.717) is 19.3 Å². The molecule has 246 valence electrons. The first-order chi connectivity index (χ1) is 20.2. The van der Waals surface area contributed by atoms with Crippen molar-refractivity contribution in [1.29, 1.82) is 0 Å². The molecule has 44 heavy (non-hydrogen) atoms. The number of Topliss-reactive ketones (excluding diaryl/α,β-unsaturated/α-hetero) is 1. The van der Waals surface area contributed by atoms with Gasteiger partial charge in [0.1, 0.15) is 11.6 Å². The SMILES string of the molecule is CC(C)(C)OC(=O)NC(CSCC(=O)[C@@]12OC(C)(C)O[C@@H]1C[C@H]1[C@@H]3CCC4=CC(O)C=C[C@]4(C)[C@@]3(F)[C@@H](O)C[C@@]12C)C(=O)O. The Labute approximate surface area is 262 Å². The number of carboxylic acids is 1. The highest BCUT2D eigenvalue weighted by molar-refractivity contribution is 8.00. The largest absolute Gasteiger partial charge is 0.480 e. The van der Waals surface area contributed by atoms with Crippen LogP contribution in [0.1, 0.15) is 74.1 Å². The maximum atomic E-state index is 17.6. The fourth-order valence-electron chi connectivity index (χ4n) is 8.93. The molecule has 10 atom stereocenters. The second-order valence-corrected chi connectivity index (χ2v) is 16.0. The maximum absolute atomic E-state index is 17.6. The Kier molecular flexibility index (Phi) is 8.18. The number of carboxylic acid groups (broad SMARTS) is 1. The summed E-state index contributed by atoms with van der Waals surface area (Å²) < 4.78 is 35.7. The van der Waals surface area contributed by atoms with Crippen LogP contribution in [0.3, 0.4) is 0 Å². The van der Waals surface area contributed by atoms with Gasteiger partial charge in [-0.2, -0.15) is 11.8 Å². The lowest BCUT2D eigenvalue weighted by atomic mass is 9.44. The van der Waals surface area contributed by atoms with Crippen LogP contribution in [-0.2, 0) is 23.8 Å². The number of halogens is 1. The number of carbonyl (C=O) groups excluding carboxylic acids is 2. The van der Waals surface area contributed by atoms with E-state index in [4.69, 9.17) is 14.2 Å². The molecule has 0 aromatic heterocycles. The zero-order chi connectivity index (χ0) is 32.7. The maximum Gasteiger partial charge on any atom is 0.408 e. The van der Waals surface area contributed by atoms with Crippen LogP contribution in [0.25, 0.3) is 0 Å². The average molecular weight is 640 g/mol. The van der Waals surface area contributed by atoms with Crippen LogP contribution in [0.5, 0.6) is 0 Å². The molecule has 0 spiro atoms. The smallest absolute Gasteiger partial charge is 0.408 e. The fourth-order valence-corrected chi connectivity index (χ4v) is 9.91. The van der Waals surface area contributed by atoms with Crippen molar-refractivity contribution in [3.05, 3.63) is 23.8 Å². The van der Waals surface area contributed by atoms with Crippen molar-refractivity contribution in [2.75, 3.05) is 11.5 Å². The molecule has 1 heterocycles. The van der Waals surface area contributed by atoms with Gasteiger partial charge < -0.3 is 34.8 Å². The van der Waals surface area contributed by atoms with Gasteiger partial charge in [-0.15, -0.1) is 0 Å². The Balaban J connectivity index is 1.40. The van der Waals surface area contributed by atoms with Gasteiger partial charge in [-0.3, -0.25) is 4.79 Å². The van der Waals surface area contributed by atoms with Gasteiger partial charge in [-0.1, -0.05) is 30.7 Å². The van der Waals surface area contributed by atoms with Crippen LogP contribution in [0.2, 0.25) is 0 Å². The number of hydrogen-bond donors (Lipinski definition) is 4. The molecule has 4 aliphatic carbocycles. The van der Waals surface area contributed by atoms with E-state index in [-0.39, 0.29) is 29.6 Å². The minimum Gasteiger partial charge on any atom is -0.480 e. The summed E-state index contributed by atoms with van der Waals surface area (Å²) in [6, 6.07) is -1.30. The van der Waals surface area contributed by atoms with E-state index in [1.807, 2.05) is 6.92 Å². The first kappa shape index (κ1) is 33.4. The molecule has 0 aromatic rings. The Morgan fingerprint density at radius 3 is 2.50 bits per heavy atom. The number of rotatable bonds is 7. The van der Waals surface area contributed by atoms with Crippen molar-refractivity contribution in [3.63, 3.8) is 0 Å². The number of alkyl halides is 1. The summed E-state index contributed by atoms with van der Waals surface area (Å²) in [5, 5.41) is 34.0. The van der Waals surface area contributed by atoms with Gasteiger partial charge in [0.25, 0.3) is 0 Å². The van der Waals surface area contributed by atoms with Crippen molar-refractivity contribution in [1.82, 2.24) is 5.32 Å². The van der Waals surface area contributed by atoms with Gasteiger partial charge in [-0.25, -0.2) is 14.0 Å². The number of alkyl carbamates (subject to hydrolysis) is 1. The summed E-state index contributed by atoms with van der Waals surface area (Å²) in [6.45, 7) is 12.1. The van der Waals surface area contributed by atoms with Gasteiger partial charge in [-0.05, 0) is 73.1 Å². The number of nitrogens with one attached hydrogen (secondary N) is 1. The number of aliphatic hydroxyl groups is 2. The lowest BCUT2D eigenvalue weighted by molar-refractivity contribution is -0.245. The molecule has 0 aromatic carbocycles. The summed E-state index contributed by atoms with van der Waals surface area (Å²) in [6.07, 6.45) is 2.52. The van der Waals surface area contributed by atoms with E-state index in [1.165, 1.54) is 0 Å². The average Bonchev–Trinajstić information content (AvgIpc) is 3.29. The molecular weight excluding hydrogens is 593 g/mol. The molecule has 10 nitrogen and oxygen atoms in total.